The first-order valence-electron chi connectivity index (χ1n) is 3.68. The number of nitrogens with zero attached hydrogens (tertiary/aromatic N) is 2. The molecule has 0 saturated carbocycles. The number of aliphatic hydroxyl groups excluding tert-OH is 1. The first kappa shape index (κ1) is 10.3. The maximum atomic E-state index is 12.5. The molecule has 0 unspecified atom stereocenters. The van der Waals surface area contributed by atoms with Gasteiger partial charge in [0.05, 0.1) is 24.1 Å². The van der Waals surface area contributed by atoms with Gasteiger partial charge in [-0.05, 0) is 0 Å². The molecule has 0 aromatic carbocycles. The molecule has 1 aromatic heterocycles. The fourth-order valence-corrected chi connectivity index (χ4v) is 1.08. The summed E-state index contributed by atoms with van der Waals surface area (Å²) in [5.74, 6) is 0. The number of nitrogens with two attached hydrogens (primary N) is 1. The fourth-order valence-electron chi connectivity index (χ4n) is 1.08. The monoisotopic (exact) mass is 199 g/mol. The molecule has 4 nitrogen and oxygen atoms in total. The number of hydrogen-bond donors (Lipinski definition) is 2. The predicted molar refractivity (Wildman–Crippen MR) is 44.2 cm³/mol. The van der Waals surface area contributed by atoms with Crippen molar-refractivity contribution in [3.05, 3.63) is 23.0 Å². The molecule has 1 heterocycles. The van der Waals surface area contributed by atoms with Gasteiger partial charge in [0.2, 0.25) is 0 Å². The van der Waals surface area contributed by atoms with Gasteiger partial charge in [-0.1, -0.05) is 0 Å². The maximum absolute atomic E-state index is 12.5. The van der Waals surface area contributed by atoms with Gasteiger partial charge in [-0.15, -0.1) is 0 Å². The zero-order chi connectivity index (χ0) is 10.7. The average molecular weight is 199 g/mol. The van der Waals surface area contributed by atoms with Crippen LogP contribution < -0.4 is 5.73 Å². The molecule has 14 heavy (non-hydrogen) atoms. The third-order valence-corrected chi connectivity index (χ3v) is 1.74. The molecule has 74 valence electrons. The summed E-state index contributed by atoms with van der Waals surface area (Å²) in [4.78, 5) is 3.45. The summed E-state index contributed by atoms with van der Waals surface area (Å²) in [6, 6.07) is 1.52. The second-order valence-electron chi connectivity index (χ2n) is 2.52. The van der Waals surface area contributed by atoms with E-state index < -0.39 is 24.3 Å². The predicted octanol–water partition coefficient (Wildman–Crippen LogP) is 0.965. The van der Waals surface area contributed by atoms with Crippen molar-refractivity contribution in [3.63, 3.8) is 0 Å². The summed E-state index contributed by atoms with van der Waals surface area (Å²) in [7, 11) is 0. The highest BCUT2D eigenvalue weighted by Crippen LogP contribution is 2.28. The van der Waals surface area contributed by atoms with Gasteiger partial charge < -0.3 is 10.8 Å². The van der Waals surface area contributed by atoms with Gasteiger partial charge >= 0.3 is 0 Å². The number of nitriles is 1. The Balaban J connectivity index is 3.46. The van der Waals surface area contributed by atoms with E-state index in [1.165, 1.54) is 6.07 Å². The fraction of sp³-hybridized carbons (Fsp3) is 0.250. The molecule has 0 aliphatic rings. The number of anilines is 1. The van der Waals surface area contributed by atoms with Crippen LogP contribution in [0.4, 0.5) is 14.5 Å². The Bertz CT molecular complexity index is 387. The van der Waals surface area contributed by atoms with Gasteiger partial charge in [0, 0.05) is 5.56 Å². The summed E-state index contributed by atoms with van der Waals surface area (Å²) in [5, 5.41) is 17.3. The highest BCUT2D eigenvalue weighted by Gasteiger charge is 2.20. The molecule has 0 atom stereocenters. The molecule has 6 heteroatoms. The highest BCUT2D eigenvalue weighted by molar-refractivity contribution is 5.53. The lowest BCUT2D eigenvalue weighted by Crippen LogP contribution is -2.05. The van der Waals surface area contributed by atoms with E-state index >= 15 is 0 Å². The van der Waals surface area contributed by atoms with Crippen LogP contribution >= 0.6 is 0 Å². The minimum absolute atomic E-state index is 0.0400. The SMILES string of the molecule is N#Cc1ncc(N)c(CO)c1C(F)F. The average Bonchev–Trinajstić information content (AvgIpc) is 2.17. The second kappa shape index (κ2) is 3.98. The Labute approximate surface area is 78.6 Å². The number of pyridine rings is 1. The number of alkyl halides is 2. The largest absolute Gasteiger partial charge is 0.397 e. The Morgan fingerprint density at radius 1 is 1.64 bits per heavy atom. The molecule has 0 saturated heterocycles. The molecular formula is C8H7F2N3O. The van der Waals surface area contributed by atoms with Crippen LogP contribution in [-0.2, 0) is 6.61 Å². The first-order valence-corrected chi connectivity index (χ1v) is 3.68. The number of nitrogen functional groups attached to an aromatic ring is 1. The van der Waals surface area contributed by atoms with Crippen LogP contribution in [-0.4, -0.2) is 10.1 Å². The summed E-state index contributed by atoms with van der Waals surface area (Å²) in [5.41, 5.74) is 4.16. The molecule has 0 fully saturated rings. The van der Waals surface area contributed by atoms with Gasteiger partial charge in [-0.2, -0.15) is 5.26 Å². The third kappa shape index (κ3) is 1.63. The molecule has 1 aromatic rings. The smallest absolute Gasteiger partial charge is 0.267 e. The van der Waals surface area contributed by atoms with Crippen molar-refractivity contribution in [3.8, 4) is 6.07 Å². The lowest BCUT2D eigenvalue weighted by atomic mass is 10.1. The van der Waals surface area contributed by atoms with E-state index in [1.807, 2.05) is 0 Å². The van der Waals surface area contributed by atoms with E-state index in [2.05, 4.69) is 4.98 Å². The standard InChI is InChI=1S/C8H7F2N3O/c9-8(10)7-4(3-14)5(12)2-13-6(7)1-11/h2,8,14H,3,12H2. The number of hydrogen-bond acceptors (Lipinski definition) is 4. The van der Waals surface area contributed by atoms with Crippen LogP contribution in [0.2, 0.25) is 0 Å². The van der Waals surface area contributed by atoms with Crippen molar-refractivity contribution in [1.82, 2.24) is 4.98 Å². The van der Waals surface area contributed by atoms with Gasteiger partial charge in [0.1, 0.15) is 11.8 Å². The van der Waals surface area contributed by atoms with Crippen molar-refractivity contribution < 1.29 is 13.9 Å². The lowest BCUT2D eigenvalue weighted by Gasteiger charge is -2.09. The molecule has 0 spiro atoms. The zero-order valence-corrected chi connectivity index (χ0v) is 7.04. The van der Waals surface area contributed by atoms with E-state index in [-0.39, 0.29) is 11.3 Å². The van der Waals surface area contributed by atoms with Crippen molar-refractivity contribution in [2.75, 3.05) is 5.73 Å². The lowest BCUT2D eigenvalue weighted by molar-refractivity contribution is 0.146. The van der Waals surface area contributed by atoms with Crippen molar-refractivity contribution in [1.29, 1.82) is 5.26 Å². The Morgan fingerprint density at radius 3 is 2.71 bits per heavy atom. The van der Waals surface area contributed by atoms with Crippen molar-refractivity contribution >= 4 is 5.69 Å². The topological polar surface area (TPSA) is 82.9 Å². The third-order valence-electron chi connectivity index (χ3n) is 1.74. The van der Waals surface area contributed by atoms with Crippen LogP contribution in [0.15, 0.2) is 6.20 Å². The van der Waals surface area contributed by atoms with Crippen molar-refractivity contribution in [2.24, 2.45) is 0 Å². The summed E-state index contributed by atoms with van der Waals surface area (Å²) in [6.45, 7) is -0.636. The molecule has 0 amide bonds. The quantitative estimate of drug-likeness (QED) is 0.743. The molecule has 1 rings (SSSR count). The maximum Gasteiger partial charge on any atom is 0.267 e. The van der Waals surface area contributed by atoms with E-state index in [0.717, 1.165) is 6.20 Å². The van der Waals surface area contributed by atoms with Gasteiger partial charge in [-0.3, -0.25) is 0 Å². The minimum Gasteiger partial charge on any atom is -0.397 e. The number of aliphatic hydroxyl groups is 1. The molecule has 0 aliphatic heterocycles. The molecule has 0 radical (unpaired) electrons. The second-order valence-corrected chi connectivity index (χ2v) is 2.52. The highest BCUT2D eigenvalue weighted by atomic mass is 19.3. The number of aromatic nitrogens is 1. The van der Waals surface area contributed by atoms with Gasteiger partial charge in [-0.25, -0.2) is 13.8 Å². The number of halogens is 2. The van der Waals surface area contributed by atoms with Crippen LogP contribution in [0, 0.1) is 11.3 Å². The number of rotatable bonds is 2. The van der Waals surface area contributed by atoms with Gasteiger partial charge in [0.15, 0.2) is 0 Å². The Morgan fingerprint density at radius 2 is 2.29 bits per heavy atom. The van der Waals surface area contributed by atoms with E-state index in [9.17, 15) is 8.78 Å². The summed E-state index contributed by atoms with van der Waals surface area (Å²) >= 11 is 0. The van der Waals surface area contributed by atoms with Gasteiger partial charge in [0.25, 0.3) is 6.43 Å². The van der Waals surface area contributed by atoms with Crippen LogP contribution in [0.25, 0.3) is 0 Å². The molecule has 0 bridgehead atoms. The normalized spacial score (nSPS) is 10.2. The van der Waals surface area contributed by atoms with Crippen LogP contribution in [0.5, 0.6) is 0 Å². The Kier molecular flexibility index (Phi) is 2.94. The van der Waals surface area contributed by atoms with E-state index in [1.54, 1.807) is 0 Å². The van der Waals surface area contributed by atoms with E-state index in [0.29, 0.717) is 0 Å². The molecular weight excluding hydrogens is 192 g/mol. The van der Waals surface area contributed by atoms with Crippen molar-refractivity contribution in [2.45, 2.75) is 13.0 Å². The Hall–Kier alpha value is -1.74. The minimum atomic E-state index is -2.87. The summed E-state index contributed by atoms with van der Waals surface area (Å²) in [6.07, 6.45) is -1.79. The summed E-state index contributed by atoms with van der Waals surface area (Å²) < 4.78 is 25.0. The van der Waals surface area contributed by atoms with E-state index in [4.69, 9.17) is 16.1 Å². The molecule has 0 aliphatic carbocycles. The first-order chi connectivity index (χ1) is 6.61. The zero-order valence-electron chi connectivity index (χ0n) is 7.04. The van der Waals surface area contributed by atoms with Crippen LogP contribution in [0.1, 0.15) is 23.2 Å². The van der Waals surface area contributed by atoms with Crippen LogP contribution in [0.3, 0.4) is 0 Å². The molecule has 3 N–H and O–H groups in total.